The SMILES string of the molecule is CCc1nnc(CN2C(=O)C(=O)c3c(C)ccc(C)c32)o1. The van der Waals surface area contributed by atoms with Gasteiger partial charge in [-0.3, -0.25) is 14.5 Å². The van der Waals surface area contributed by atoms with Crippen LogP contribution in [0.3, 0.4) is 0 Å². The number of Topliss-reactive ketones (excluding diaryl/α,β-unsaturated/α-hetero) is 1. The summed E-state index contributed by atoms with van der Waals surface area (Å²) in [5.41, 5.74) is 2.82. The molecule has 1 amide bonds. The first-order chi connectivity index (χ1) is 10.0. The second kappa shape index (κ2) is 4.80. The van der Waals surface area contributed by atoms with E-state index in [0.29, 0.717) is 29.5 Å². The summed E-state index contributed by atoms with van der Waals surface area (Å²) in [5, 5.41) is 7.79. The van der Waals surface area contributed by atoms with E-state index in [1.165, 1.54) is 4.90 Å². The largest absolute Gasteiger partial charge is 0.423 e. The highest BCUT2D eigenvalue weighted by atomic mass is 16.4. The zero-order chi connectivity index (χ0) is 15.1. The first-order valence-electron chi connectivity index (χ1n) is 6.80. The Morgan fingerprint density at radius 1 is 1.10 bits per heavy atom. The second-order valence-corrected chi connectivity index (χ2v) is 5.09. The molecule has 1 aromatic heterocycles. The number of rotatable bonds is 3. The molecular weight excluding hydrogens is 270 g/mol. The molecule has 0 atom stereocenters. The van der Waals surface area contributed by atoms with Gasteiger partial charge < -0.3 is 4.42 Å². The van der Waals surface area contributed by atoms with E-state index < -0.39 is 11.7 Å². The van der Waals surface area contributed by atoms with Crippen molar-refractivity contribution in [2.75, 3.05) is 4.90 Å². The first-order valence-corrected chi connectivity index (χ1v) is 6.80. The third kappa shape index (κ3) is 2.03. The highest BCUT2D eigenvalue weighted by Gasteiger charge is 2.38. The Morgan fingerprint density at radius 2 is 1.76 bits per heavy atom. The Labute approximate surface area is 121 Å². The van der Waals surface area contributed by atoms with Crippen LogP contribution in [0.1, 0.15) is 40.2 Å². The lowest BCUT2D eigenvalue weighted by atomic mass is 10.0. The fourth-order valence-corrected chi connectivity index (χ4v) is 2.54. The fraction of sp³-hybridized carbons (Fsp3) is 0.333. The average Bonchev–Trinajstić information content (AvgIpc) is 3.02. The van der Waals surface area contributed by atoms with Crippen molar-refractivity contribution >= 4 is 17.4 Å². The summed E-state index contributed by atoms with van der Waals surface area (Å²) < 4.78 is 5.44. The van der Waals surface area contributed by atoms with Crippen LogP contribution in [0.25, 0.3) is 0 Å². The number of fused-ring (bicyclic) bond motifs is 1. The summed E-state index contributed by atoms with van der Waals surface area (Å²) >= 11 is 0. The van der Waals surface area contributed by atoms with Crippen LogP contribution in [0, 0.1) is 13.8 Å². The Hall–Kier alpha value is -2.50. The normalized spacial score (nSPS) is 14.0. The molecule has 6 heteroatoms. The van der Waals surface area contributed by atoms with E-state index >= 15 is 0 Å². The number of nitrogens with zero attached hydrogens (tertiary/aromatic N) is 3. The Kier molecular flexibility index (Phi) is 3.08. The third-order valence-corrected chi connectivity index (χ3v) is 3.63. The number of hydrogen-bond acceptors (Lipinski definition) is 5. The fourth-order valence-electron chi connectivity index (χ4n) is 2.54. The van der Waals surface area contributed by atoms with Gasteiger partial charge in [0.25, 0.3) is 11.7 Å². The van der Waals surface area contributed by atoms with Gasteiger partial charge in [-0.05, 0) is 25.0 Å². The summed E-state index contributed by atoms with van der Waals surface area (Å²) in [4.78, 5) is 25.8. The molecule has 2 heterocycles. The molecule has 0 spiro atoms. The molecular formula is C15H15N3O3. The highest BCUT2D eigenvalue weighted by molar-refractivity contribution is 6.52. The minimum absolute atomic E-state index is 0.120. The van der Waals surface area contributed by atoms with Crippen molar-refractivity contribution in [3.8, 4) is 0 Å². The van der Waals surface area contributed by atoms with Crippen molar-refractivity contribution in [1.82, 2.24) is 10.2 Å². The minimum Gasteiger partial charge on any atom is -0.423 e. The lowest BCUT2D eigenvalue weighted by Crippen LogP contribution is -2.29. The van der Waals surface area contributed by atoms with Crippen LogP contribution < -0.4 is 4.90 Å². The number of carbonyl (C=O) groups excluding carboxylic acids is 2. The Balaban J connectivity index is 2.03. The van der Waals surface area contributed by atoms with Crippen LogP contribution in [0.2, 0.25) is 0 Å². The van der Waals surface area contributed by atoms with Gasteiger partial charge >= 0.3 is 0 Å². The Bertz CT molecular complexity index is 749. The van der Waals surface area contributed by atoms with Crippen LogP contribution in [0.15, 0.2) is 16.5 Å². The Morgan fingerprint density at radius 3 is 2.43 bits per heavy atom. The number of hydrogen-bond donors (Lipinski definition) is 0. The molecule has 0 aliphatic carbocycles. The minimum atomic E-state index is -0.543. The molecule has 108 valence electrons. The molecule has 0 unspecified atom stereocenters. The van der Waals surface area contributed by atoms with Gasteiger partial charge in [0.2, 0.25) is 11.8 Å². The summed E-state index contributed by atoms with van der Waals surface area (Å²) in [6.45, 7) is 5.73. The van der Waals surface area contributed by atoms with E-state index in [4.69, 9.17) is 4.42 Å². The van der Waals surface area contributed by atoms with Crippen LogP contribution in [-0.4, -0.2) is 21.9 Å². The predicted octanol–water partition coefficient (Wildman–Crippen LogP) is 1.98. The van der Waals surface area contributed by atoms with Gasteiger partial charge in [-0.25, -0.2) is 0 Å². The molecule has 0 fully saturated rings. The molecule has 0 radical (unpaired) electrons. The van der Waals surface area contributed by atoms with E-state index in [-0.39, 0.29) is 6.54 Å². The summed E-state index contributed by atoms with van der Waals surface area (Å²) in [5.74, 6) is -0.161. The van der Waals surface area contributed by atoms with Crippen molar-refractivity contribution < 1.29 is 14.0 Å². The van der Waals surface area contributed by atoms with Gasteiger partial charge in [-0.2, -0.15) is 0 Å². The first kappa shape index (κ1) is 13.5. The monoisotopic (exact) mass is 285 g/mol. The number of aryl methyl sites for hydroxylation is 3. The van der Waals surface area contributed by atoms with E-state index in [0.717, 1.165) is 11.1 Å². The van der Waals surface area contributed by atoms with Crippen LogP contribution >= 0.6 is 0 Å². The highest BCUT2D eigenvalue weighted by Crippen LogP contribution is 2.35. The molecule has 2 aromatic rings. The van der Waals surface area contributed by atoms with E-state index in [1.807, 2.05) is 32.9 Å². The van der Waals surface area contributed by atoms with Crippen molar-refractivity contribution in [2.24, 2.45) is 0 Å². The zero-order valence-corrected chi connectivity index (χ0v) is 12.1. The standard InChI is InChI=1S/C15H15N3O3/c1-4-10-16-17-11(21-10)7-18-13-9(3)6-5-8(2)12(13)14(19)15(18)20/h5-6H,4,7H2,1-3H3. The second-order valence-electron chi connectivity index (χ2n) is 5.09. The maximum Gasteiger partial charge on any atom is 0.299 e. The van der Waals surface area contributed by atoms with Gasteiger partial charge in [0.05, 0.1) is 11.3 Å². The molecule has 1 aliphatic rings. The number of anilines is 1. The van der Waals surface area contributed by atoms with Gasteiger partial charge in [0.15, 0.2) is 0 Å². The molecule has 0 bridgehead atoms. The summed E-state index contributed by atoms with van der Waals surface area (Å²) in [6, 6.07) is 3.75. The zero-order valence-electron chi connectivity index (χ0n) is 12.1. The lowest BCUT2D eigenvalue weighted by Gasteiger charge is -2.16. The lowest BCUT2D eigenvalue weighted by molar-refractivity contribution is -0.114. The molecule has 0 saturated carbocycles. The number of benzene rings is 1. The molecule has 1 aliphatic heterocycles. The molecule has 21 heavy (non-hydrogen) atoms. The maximum atomic E-state index is 12.2. The number of amides is 1. The summed E-state index contributed by atoms with van der Waals surface area (Å²) in [7, 11) is 0. The average molecular weight is 285 g/mol. The van der Waals surface area contributed by atoms with Crippen molar-refractivity contribution in [3.05, 3.63) is 40.6 Å². The molecule has 0 saturated heterocycles. The van der Waals surface area contributed by atoms with Gasteiger partial charge in [0, 0.05) is 6.42 Å². The number of carbonyl (C=O) groups is 2. The van der Waals surface area contributed by atoms with E-state index in [9.17, 15) is 9.59 Å². The third-order valence-electron chi connectivity index (χ3n) is 3.63. The molecule has 3 rings (SSSR count). The number of ketones is 1. The van der Waals surface area contributed by atoms with Gasteiger partial charge in [-0.15, -0.1) is 10.2 Å². The van der Waals surface area contributed by atoms with Gasteiger partial charge in [0.1, 0.15) is 6.54 Å². The van der Waals surface area contributed by atoms with E-state index in [1.54, 1.807) is 0 Å². The van der Waals surface area contributed by atoms with Crippen molar-refractivity contribution in [3.63, 3.8) is 0 Å². The molecule has 6 nitrogen and oxygen atoms in total. The topological polar surface area (TPSA) is 76.3 Å². The number of aromatic nitrogens is 2. The van der Waals surface area contributed by atoms with E-state index in [2.05, 4.69) is 10.2 Å². The molecule has 1 aromatic carbocycles. The van der Waals surface area contributed by atoms with Crippen molar-refractivity contribution in [1.29, 1.82) is 0 Å². The maximum absolute atomic E-state index is 12.2. The van der Waals surface area contributed by atoms with Crippen LogP contribution in [0.4, 0.5) is 5.69 Å². The molecule has 0 N–H and O–H groups in total. The predicted molar refractivity (Wildman–Crippen MR) is 75.1 cm³/mol. The smallest absolute Gasteiger partial charge is 0.299 e. The quantitative estimate of drug-likeness (QED) is 0.806. The van der Waals surface area contributed by atoms with Gasteiger partial charge in [-0.1, -0.05) is 19.1 Å². The van der Waals surface area contributed by atoms with Crippen LogP contribution in [-0.2, 0) is 17.8 Å². The van der Waals surface area contributed by atoms with Crippen LogP contribution in [0.5, 0.6) is 0 Å². The summed E-state index contributed by atoms with van der Waals surface area (Å²) in [6.07, 6.45) is 0.634. The van der Waals surface area contributed by atoms with Crippen molar-refractivity contribution in [2.45, 2.75) is 33.7 Å².